The van der Waals surface area contributed by atoms with Gasteiger partial charge in [0.05, 0.1) is 39.4 Å². The van der Waals surface area contributed by atoms with Gasteiger partial charge in [-0.15, -0.1) is 0 Å². The molecule has 0 aromatic rings. The summed E-state index contributed by atoms with van der Waals surface area (Å²) in [6.07, 6.45) is -2.32. The third kappa shape index (κ3) is 17.5. The molecule has 350 valence electrons. The highest BCUT2D eigenvalue weighted by molar-refractivity contribution is 5.90. The summed E-state index contributed by atoms with van der Waals surface area (Å²) in [4.78, 5) is 91.2. The van der Waals surface area contributed by atoms with E-state index in [1.807, 2.05) is 0 Å². The van der Waals surface area contributed by atoms with Gasteiger partial charge in [-0.1, -0.05) is 6.08 Å². The summed E-state index contributed by atoms with van der Waals surface area (Å²) in [7, 11) is 7.38. The number of carbonyl (C=O) groups is 8. The number of aliphatic carboxylic acids is 1. The first kappa shape index (κ1) is 54.6. The second kappa shape index (κ2) is 26.2. The number of rotatable bonds is 8. The van der Waals surface area contributed by atoms with Gasteiger partial charge >= 0.3 is 23.9 Å². The quantitative estimate of drug-likeness (QED) is 0.0796. The molecule has 0 saturated carbocycles. The number of hydrogen-bond acceptors (Lipinski definition) is 20. The summed E-state index contributed by atoms with van der Waals surface area (Å²) >= 11 is 0. The molecule has 4 aliphatic rings. The molecule has 10 atom stereocenters. The Morgan fingerprint density at radius 2 is 1.03 bits per heavy atom. The highest BCUT2D eigenvalue weighted by Gasteiger charge is 2.41. The van der Waals surface area contributed by atoms with Gasteiger partial charge in [0.2, 0.25) is 23.6 Å². The molecule has 10 unspecified atom stereocenters. The average molecular weight is 888 g/mol. The first-order valence-electron chi connectivity index (χ1n) is 18.9. The minimum absolute atomic E-state index is 0.00148. The fraction of sp³-hybridized carbons (Fsp3) is 0.622. The van der Waals surface area contributed by atoms with Crippen molar-refractivity contribution in [2.24, 2.45) is 11.7 Å². The van der Waals surface area contributed by atoms with Crippen molar-refractivity contribution >= 4 is 47.5 Å². The van der Waals surface area contributed by atoms with Crippen molar-refractivity contribution < 1.29 is 78.1 Å². The molecule has 0 bridgehead atoms. The number of esters is 3. The van der Waals surface area contributed by atoms with E-state index >= 15 is 0 Å². The zero-order chi connectivity index (χ0) is 47.6. The maximum absolute atomic E-state index is 11.3. The van der Waals surface area contributed by atoms with Gasteiger partial charge in [0, 0.05) is 70.6 Å². The van der Waals surface area contributed by atoms with Crippen LogP contribution in [0, 0.1) is 5.92 Å². The molecule has 13 N–H and O–H groups in total. The van der Waals surface area contributed by atoms with Crippen LogP contribution in [0.4, 0.5) is 0 Å². The summed E-state index contributed by atoms with van der Waals surface area (Å²) in [6, 6.07) is -0.420. The molecule has 0 aromatic heterocycles. The number of carboxylic acids is 1. The van der Waals surface area contributed by atoms with Gasteiger partial charge in [0.25, 0.3) is 0 Å². The van der Waals surface area contributed by atoms with E-state index in [2.05, 4.69) is 46.1 Å². The summed E-state index contributed by atoms with van der Waals surface area (Å²) < 4.78 is 13.7. The predicted octanol–water partition coefficient (Wildman–Crippen LogP) is -6.34. The number of methoxy groups -OCH3 is 3. The first-order chi connectivity index (χ1) is 28.9. The number of aliphatic hydroxyl groups is 4. The largest absolute Gasteiger partial charge is 0.481 e. The van der Waals surface area contributed by atoms with E-state index in [0.717, 1.165) is 0 Å². The number of hydrogen-bond donors (Lipinski definition) is 12. The van der Waals surface area contributed by atoms with Crippen LogP contribution in [0.3, 0.4) is 0 Å². The molecular formula is C37H61N9O16. The number of nitrogens with two attached hydrogens (primary N) is 1. The van der Waals surface area contributed by atoms with E-state index in [-0.39, 0.29) is 48.9 Å². The van der Waals surface area contributed by atoms with Crippen LogP contribution in [-0.4, -0.2) is 200 Å². The number of carbonyl (C=O) groups excluding carboxylic acids is 7. The monoisotopic (exact) mass is 887 g/mol. The Morgan fingerprint density at radius 3 is 1.45 bits per heavy atom. The molecule has 25 nitrogen and oxygen atoms in total. The standard InChI is InChI=1S/C10H17N3O3.C10H16N2O4.C9H14N2O4.C8H14N2O5/c1-6(14)12-9-8(11)4-7(5-13(9)2)10(15)16-3;1-6(13)11-9-8(14)4-7(5-12(9)2)10(15)16-3;1-5(12)11-8-7(13)3-6(4-10-8)9(14)15-2;1-3(11)10-7-6(13)5(12)4(2-9-7)8(14)15/h4,8-9H,5,11H2,1-3H3,(H,12,14);4,8-9,14H,5H2,1-3H3,(H,11,13);3,7-8,10,13H,4H2,1-2H3,(H,11,12);4-7,9,12-13H,2H2,1H3,(H,10,11)(H,14,15). The first-order valence-corrected chi connectivity index (χ1v) is 18.9. The lowest BCUT2D eigenvalue weighted by Gasteiger charge is -2.36. The van der Waals surface area contributed by atoms with Crippen LogP contribution < -0.4 is 37.6 Å². The number of likely N-dealkylation sites (N-methyl/N-ethyl adjacent to an activating group) is 2. The van der Waals surface area contributed by atoms with Crippen LogP contribution in [0.1, 0.15) is 27.7 Å². The van der Waals surface area contributed by atoms with Crippen LogP contribution in [-0.2, 0) is 52.6 Å². The lowest BCUT2D eigenvalue weighted by Crippen LogP contribution is -2.64. The van der Waals surface area contributed by atoms with Crippen molar-refractivity contribution in [3.63, 3.8) is 0 Å². The van der Waals surface area contributed by atoms with E-state index in [4.69, 9.17) is 10.8 Å². The summed E-state index contributed by atoms with van der Waals surface area (Å²) in [6.45, 7) is 6.42. The Balaban J connectivity index is 0.000000414. The van der Waals surface area contributed by atoms with E-state index in [0.29, 0.717) is 29.8 Å². The van der Waals surface area contributed by atoms with Crippen LogP contribution in [0.2, 0.25) is 0 Å². The fourth-order valence-electron chi connectivity index (χ4n) is 6.21. The van der Waals surface area contributed by atoms with Gasteiger partial charge in [-0.05, 0) is 26.2 Å². The molecule has 62 heavy (non-hydrogen) atoms. The lowest BCUT2D eigenvalue weighted by molar-refractivity contribution is -0.154. The zero-order valence-corrected chi connectivity index (χ0v) is 36.0. The molecule has 1 fully saturated rings. The van der Waals surface area contributed by atoms with Crippen molar-refractivity contribution in [3.05, 3.63) is 34.9 Å². The fourth-order valence-corrected chi connectivity index (χ4v) is 6.21. The number of piperidine rings is 1. The molecule has 0 spiro atoms. The van der Waals surface area contributed by atoms with Gasteiger partial charge in [-0.2, -0.15) is 0 Å². The second-order valence-corrected chi connectivity index (χ2v) is 14.3. The molecule has 4 amide bonds. The Hall–Kier alpha value is -5.38. The van der Waals surface area contributed by atoms with E-state index < -0.39 is 72.8 Å². The van der Waals surface area contributed by atoms with Gasteiger partial charge < -0.3 is 66.7 Å². The van der Waals surface area contributed by atoms with Crippen molar-refractivity contribution in [3.8, 4) is 0 Å². The van der Waals surface area contributed by atoms with Crippen LogP contribution >= 0.6 is 0 Å². The SMILES string of the molecule is CC(=O)NC1NCC(C(=O)O)C(O)C1O.COC(=O)C1=CC(N)C(NC(C)=O)N(C)C1.COC(=O)C1=CC(O)C(NC(C)=O)N(C)C1.COC(=O)C1=CC(O)C(NC(C)=O)NC1. The predicted molar refractivity (Wildman–Crippen MR) is 215 cm³/mol. The average Bonchev–Trinajstić information content (AvgIpc) is 3.19. The third-order valence-corrected chi connectivity index (χ3v) is 9.21. The summed E-state index contributed by atoms with van der Waals surface area (Å²) in [5, 5.41) is 62.7. The third-order valence-electron chi connectivity index (χ3n) is 9.21. The number of amides is 4. The molecule has 0 radical (unpaired) electrons. The lowest BCUT2D eigenvalue weighted by atomic mass is 9.92. The van der Waals surface area contributed by atoms with Gasteiger partial charge in [-0.25, -0.2) is 14.4 Å². The molecule has 1 saturated heterocycles. The minimum Gasteiger partial charge on any atom is -0.481 e. The maximum Gasteiger partial charge on any atom is 0.334 e. The summed E-state index contributed by atoms with van der Waals surface area (Å²) in [5.41, 5.74) is 7.11. The smallest absolute Gasteiger partial charge is 0.334 e. The van der Waals surface area contributed by atoms with Crippen molar-refractivity contribution in [2.45, 2.75) is 82.8 Å². The second-order valence-electron chi connectivity index (χ2n) is 14.3. The van der Waals surface area contributed by atoms with E-state index in [1.54, 1.807) is 30.0 Å². The minimum atomic E-state index is -1.39. The number of aliphatic hydroxyl groups excluding tert-OH is 4. The molecule has 4 aliphatic heterocycles. The van der Waals surface area contributed by atoms with Crippen LogP contribution in [0.15, 0.2) is 34.9 Å². The normalized spacial score (nSPS) is 28.2. The van der Waals surface area contributed by atoms with E-state index in [9.17, 15) is 58.8 Å². The van der Waals surface area contributed by atoms with Crippen molar-refractivity contribution in [1.29, 1.82) is 0 Å². The maximum atomic E-state index is 11.3. The molecule has 0 aliphatic carbocycles. The van der Waals surface area contributed by atoms with Crippen molar-refractivity contribution in [1.82, 2.24) is 41.7 Å². The molecular weight excluding hydrogens is 826 g/mol. The van der Waals surface area contributed by atoms with Gasteiger partial charge in [0.15, 0.2) is 0 Å². The number of ether oxygens (including phenoxy) is 3. The Labute approximate surface area is 358 Å². The zero-order valence-electron chi connectivity index (χ0n) is 36.0. The number of nitrogens with one attached hydrogen (secondary N) is 6. The van der Waals surface area contributed by atoms with E-state index in [1.165, 1.54) is 61.2 Å². The summed E-state index contributed by atoms with van der Waals surface area (Å²) in [5.74, 6) is -4.58. The molecule has 25 heteroatoms. The van der Waals surface area contributed by atoms with Crippen LogP contribution in [0.5, 0.6) is 0 Å². The Bertz CT molecular complexity index is 1640. The van der Waals surface area contributed by atoms with Gasteiger partial charge in [0.1, 0.15) is 43.0 Å². The van der Waals surface area contributed by atoms with Gasteiger partial charge in [-0.3, -0.25) is 44.4 Å². The van der Waals surface area contributed by atoms with Crippen molar-refractivity contribution in [2.75, 3.05) is 61.6 Å². The molecule has 0 aromatic carbocycles. The molecule has 4 rings (SSSR count). The highest BCUT2D eigenvalue weighted by atomic mass is 16.5. The Kier molecular flexibility index (Phi) is 23.1. The Morgan fingerprint density at radius 1 is 0.613 bits per heavy atom. The number of nitrogens with zero attached hydrogens (tertiary/aromatic N) is 2. The number of carboxylic acid groups (broad SMARTS) is 1. The van der Waals surface area contributed by atoms with Crippen LogP contribution in [0.25, 0.3) is 0 Å². The topological polar surface area (TPSA) is 370 Å². The molecule has 4 heterocycles. The highest BCUT2D eigenvalue weighted by Crippen LogP contribution is 2.17.